The molecule has 2 heterocycles. The van der Waals surface area contributed by atoms with Crippen molar-refractivity contribution < 1.29 is 14.2 Å². The Morgan fingerprint density at radius 3 is 2.58 bits per heavy atom. The smallest absolute Gasteiger partial charge is 0.191 e. The second kappa shape index (κ2) is 12.7. The fourth-order valence-corrected chi connectivity index (χ4v) is 4.24. The van der Waals surface area contributed by atoms with Crippen molar-refractivity contribution in [2.75, 3.05) is 45.9 Å². The molecule has 1 fully saturated rings. The van der Waals surface area contributed by atoms with E-state index in [2.05, 4.69) is 20.5 Å². The molecule has 1 aromatic heterocycles. The van der Waals surface area contributed by atoms with Gasteiger partial charge in [0.15, 0.2) is 5.96 Å². The summed E-state index contributed by atoms with van der Waals surface area (Å²) in [7, 11) is 0. The van der Waals surface area contributed by atoms with Gasteiger partial charge in [-0.05, 0) is 43.0 Å². The van der Waals surface area contributed by atoms with Crippen LogP contribution in [0, 0.1) is 5.82 Å². The van der Waals surface area contributed by atoms with Gasteiger partial charge >= 0.3 is 0 Å². The van der Waals surface area contributed by atoms with Crippen LogP contribution in [0.1, 0.15) is 30.3 Å². The summed E-state index contributed by atoms with van der Waals surface area (Å²) >= 11 is 1.52. The number of rotatable bonds is 8. The number of ether oxygens (including phenoxy) is 1. The Hall–Kier alpha value is -1.27. The summed E-state index contributed by atoms with van der Waals surface area (Å²) in [4.78, 5) is 7.84. The van der Waals surface area contributed by atoms with E-state index in [4.69, 9.17) is 4.74 Å². The number of guanidine groups is 1. The molecular weight excluding hydrogens is 530 g/mol. The van der Waals surface area contributed by atoms with Gasteiger partial charge in [-0.2, -0.15) is 0 Å². The molecule has 2 atom stereocenters. The third kappa shape index (κ3) is 7.67. The lowest BCUT2D eigenvalue weighted by molar-refractivity contribution is 0.0169. The average Bonchev–Trinajstić information content (AvgIpc) is 3.30. The Morgan fingerprint density at radius 2 is 1.97 bits per heavy atom. The minimum absolute atomic E-state index is 0. The number of nitrogens with zero attached hydrogens (tertiary/aromatic N) is 2. The maximum Gasteiger partial charge on any atom is 0.191 e. The summed E-state index contributed by atoms with van der Waals surface area (Å²) in [6.07, 6.45) is 0. The van der Waals surface area contributed by atoms with E-state index in [-0.39, 0.29) is 42.4 Å². The normalized spacial score (nSPS) is 18.0. The number of thiophene rings is 1. The van der Waals surface area contributed by atoms with Crippen molar-refractivity contribution in [2.45, 2.75) is 25.5 Å². The van der Waals surface area contributed by atoms with Crippen molar-refractivity contribution in [3.8, 4) is 0 Å². The van der Waals surface area contributed by atoms with E-state index in [1.807, 2.05) is 36.6 Å². The first-order chi connectivity index (χ1) is 14.5. The van der Waals surface area contributed by atoms with Gasteiger partial charge in [0.2, 0.25) is 0 Å². The first-order valence-electron chi connectivity index (χ1n) is 10.4. The van der Waals surface area contributed by atoms with Crippen LogP contribution in [-0.2, 0) is 10.3 Å². The fourth-order valence-electron chi connectivity index (χ4n) is 3.46. The molecule has 6 nitrogen and oxygen atoms in total. The molecule has 31 heavy (non-hydrogen) atoms. The highest BCUT2D eigenvalue weighted by Crippen LogP contribution is 2.25. The van der Waals surface area contributed by atoms with Crippen LogP contribution in [0.4, 0.5) is 4.39 Å². The standard InChI is InChI=1S/C22H31FN4O2S.HI/c1-3-24-21(26-16-22(2,28)20-5-4-14-30-20)25-15-19(27-10-12-29-13-11-27)17-6-8-18(23)9-7-17;/h4-9,14,19,28H,3,10-13,15-16H2,1-2H3,(H2,24,25,26);1H. The van der Waals surface area contributed by atoms with E-state index in [1.54, 1.807) is 6.92 Å². The van der Waals surface area contributed by atoms with Gasteiger partial charge in [-0.15, -0.1) is 35.3 Å². The molecule has 1 aromatic carbocycles. The maximum absolute atomic E-state index is 13.4. The summed E-state index contributed by atoms with van der Waals surface area (Å²) in [6, 6.07) is 10.6. The van der Waals surface area contributed by atoms with Crippen molar-refractivity contribution >= 4 is 41.3 Å². The quantitative estimate of drug-likeness (QED) is 0.262. The Bertz CT molecular complexity index is 796. The lowest BCUT2D eigenvalue weighted by Crippen LogP contribution is -2.46. The van der Waals surface area contributed by atoms with Gasteiger partial charge in [-0.3, -0.25) is 4.90 Å². The van der Waals surface area contributed by atoms with Crippen LogP contribution in [0.2, 0.25) is 0 Å². The summed E-state index contributed by atoms with van der Waals surface area (Å²) < 4.78 is 18.9. The maximum atomic E-state index is 13.4. The van der Waals surface area contributed by atoms with Gasteiger partial charge in [0.25, 0.3) is 0 Å². The molecule has 2 aromatic rings. The van der Waals surface area contributed by atoms with Crippen LogP contribution in [-0.4, -0.2) is 61.9 Å². The Balaban J connectivity index is 0.00000341. The molecule has 3 N–H and O–H groups in total. The lowest BCUT2D eigenvalue weighted by atomic mass is 10.0. The van der Waals surface area contributed by atoms with Gasteiger partial charge in [-0.25, -0.2) is 9.38 Å². The van der Waals surface area contributed by atoms with Crippen molar-refractivity contribution in [1.29, 1.82) is 0 Å². The zero-order chi connectivity index (χ0) is 21.4. The van der Waals surface area contributed by atoms with E-state index in [1.165, 1.54) is 23.5 Å². The third-order valence-electron chi connectivity index (χ3n) is 5.15. The van der Waals surface area contributed by atoms with Crippen LogP contribution < -0.4 is 10.6 Å². The van der Waals surface area contributed by atoms with Crippen molar-refractivity contribution in [1.82, 2.24) is 15.5 Å². The Labute approximate surface area is 204 Å². The van der Waals surface area contributed by atoms with E-state index in [9.17, 15) is 9.50 Å². The van der Waals surface area contributed by atoms with E-state index in [0.29, 0.717) is 32.3 Å². The SMILES string of the molecule is CCNC(=NCC(C)(O)c1cccs1)NCC(c1ccc(F)cc1)N1CCOCC1.I. The van der Waals surface area contributed by atoms with E-state index >= 15 is 0 Å². The third-order valence-corrected chi connectivity index (χ3v) is 6.27. The predicted octanol–water partition coefficient (Wildman–Crippen LogP) is 3.34. The molecule has 0 saturated carbocycles. The highest BCUT2D eigenvalue weighted by atomic mass is 127. The van der Waals surface area contributed by atoms with Gasteiger partial charge in [-0.1, -0.05) is 18.2 Å². The van der Waals surface area contributed by atoms with Gasteiger partial charge in [0.1, 0.15) is 11.4 Å². The number of aliphatic hydroxyl groups is 1. The van der Waals surface area contributed by atoms with Gasteiger partial charge in [0.05, 0.1) is 25.8 Å². The number of halogens is 2. The van der Waals surface area contributed by atoms with E-state index in [0.717, 1.165) is 23.5 Å². The fraction of sp³-hybridized carbons (Fsp3) is 0.500. The van der Waals surface area contributed by atoms with Gasteiger partial charge < -0.3 is 20.5 Å². The Kier molecular flexibility index (Phi) is 10.6. The number of hydrogen-bond donors (Lipinski definition) is 3. The van der Waals surface area contributed by atoms with E-state index < -0.39 is 5.60 Å². The van der Waals surface area contributed by atoms with Crippen molar-refractivity contribution in [2.24, 2.45) is 4.99 Å². The largest absolute Gasteiger partial charge is 0.383 e. The Morgan fingerprint density at radius 1 is 1.26 bits per heavy atom. The molecule has 1 saturated heterocycles. The van der Waals surface area contributed by atoms with Crippen LogP contribution in [0.25, 0.3) is 0 Å². The minimum atomic E-state index is -1.02. The second-order valence-electron chi connectivity index (χ2n) is 7.54. The number of aliphatic imine (C=N–C) groups is 1. The second-order valence-corrected chi connectivity index (χ2v) is 8.49. The van der Waals surface area contributed by atoms with Crippen LogP contribution in [0.15, 0.2) is 46.8 Å². The molecule has 0 amide bonds. The molecule has 0 aliphatic carbocycles. The average molecular weight is 562 g/mol. The molecule has 2 unspecified atom stereocenters. The van der Waals surface area contributed by atoms with Crippen LogP contribution >= 0.6 is 35.3 Å². The number of nitrogens with one attached hydrogen (secondary N) is 2. The molecule has 9 heteroatoms. The first kappa shape index (κ1) is 26.0. The number of hydrogen-bond acceptors (Lipinski definition) is 5. The minimum Gasteiger partial charge on any atom is -0.383 e. The molecule has 1 aliphatic rings. The zero-order valence-corrected chi connectivity index (χ0v) is 21.2. The number of morpholine rings is 1. The highest BCUT2D eigenvalue weighted by molar-refractivity contribution is 14.0. The predicted molar refractivity (Wildman–Crippen MR) is 135 cm³/mol. The van der Waals surface area contributed by atoms with Crippen LogP contribution in [0.3, 0.4) is 0 Å². The molecule has 0 radical (unpaired) electrons. The molecule has 3 rings (SSSR count). The first-order valence-corrected chi connectivity index (χ1v) is 11.2. The summed E-state index contributed by atoms with van der Waals surface area (Å²) in [5.41, 5.74) is 0.0316. The molecule has 0 bridgehead atoms. The topological polar surface area (TPSA) is 69.1 Å². The van der Waals surface area contributed by atoms with Crippen molar-refractivity contribution in [3.63, 3.8) is 0 Å². The monoisotopic (exact) mass is 562 g/mol. The number of benzene rings is 1. The molecule has 0 spiro atoms. The van der Waals surface area contributed by atoms with Gasteiger partial charge in [0, 0.05) is 31.1 Å². The highest BCUT2D eigenvalue weighted by Gasteiger charge is 2.25. The lowest BCUT2D eigenvalue weighted by Gasteiger charge is -2.35. The molecular formula is C22H32FIN4O2S. The van der Waals surface area contributed by atoms with Crippen LogP contribution in [0.5, 0.6) is 0 Å². The summed E-state index contributed by atoms with van der Waals surface area (Å²) in [5, 5.41) is 19.4. The molecule has 172 valence electrons. The zero-order valence-electron chi connectivity index (χ0n) is 18.0. The summed E-state index contributed by atoms with van der Waals surface area (Å²) in [6.45, 7) is 8.39. The van der Waals surface area contributed by atoms with Crippen molar-refractivity contribution in [3.05, 3.63) is 58.0 Å². The molecule has 1 aliphatic heterocycles. The summed E-state index contributed by atoms with van der Waals surface area (Å²) in [5.74, 6) is 0.410.